The molecule has 3 atom stereocenters. The number of likely N-dealkylation sites (N-methyl/N-ethyl adjacent to an activating group) is 1. The predicted octanol–water partition coefficient (Wildman–Crippen LogP) is 1.39. The van der Waals surface area contributed by atoms with Crippen molar-refractivity contribution in [3.05, 3.63) is 71.6 Å². The van der Waals surface area contributed by atoms with Crippen LogP contribution < -0.4 is 21.7 Å². The van der Waals surface area contributed by atoms with Gasteiger partial charge in [-0.05, 0) is 45.0 Å². The molecule has 3 unspecified atom stereocenters. The Bertz CT molecular complexity index is 1140. The number of primary amides is 1. The Kier molecular flexibility index (Phi) is 8.73. The summed E-state index contributed by atoms with van der Waals surface area (Å²) >= 11 is 0. The standard InChI is InChI=1S/C28H39N7O3/c1-5-22-28(38-21-12-7-18(3)23(17-21)31-24(36)6-2)33-27(25(32-22)26(29)37)30-19-8-10-20(11-9-19)35-15-13-34(4)14-16-35/h6-8,10-12,19,23,25,32H,2,5,9,13-17H2,1,3-4H3,(H2,29,37)(H,30,33)(H,31,36). The van der Waals surface area contributed by atoms with E-state index in [-0.39, 0.29) is 18.0 Å². The van der Waals surface area contributed by atoms with E-state index in [2.05, 4.69) is 57.6 Å². The number of hydrogen-bond donors (Lipinski definition) is 4. The molecule has 38 heavy (non-hydrogen) atoms. The van der Waals surface area contributed by atoms with Crippen LogP contribution in [-0.2, 0) is 14.3 Å². The van der Waals surface area contributed by atoms with E-state index < -0.39 is 11.9 Å². The van der Waals surface area contributed by atoms with Crippen molar-refractivity contribution in [3.63, 3.8) is 0 Å². The first-order valence-corrected chi connectivity index (χ1v) is 13.2. The van der Waals surface area contributed by atoms with E-state index >= 15 is 0 Å². The van der Waals surface area contributed by atoms with Gasteiger partial charge in [-0.2, -0.15) is 4.99 Å². The molecule has 0 aromatic heterocycles. The van der Waals surface area contributed by atoms with Crippen molar-refractivity contribution in [2.45, 2.75) is 51.2 Å². The molecule has 10 heteroatoms. The summed E-state index contributed by atoms with van der Waals surface area (Å²) in [5.41, 5.74) is 8.68. The van der Waals surface area contributed by atoms with Crippen molar-refractivity contribution in [2.24, 2.45) is 10.7 Å². The number of amidine groups is 1. The number of nitrogens with two attached hydrogens (primary N) is 1. The van der Waals surface area contributed by atoms with E-state index in [4.69, 9.17) is 15.5 Å². The number of rotatable bonds is 8. The average Bonchev–Trinajstić information content (AvgIpc) is 2.91. The number of piperazine rings is 1. The molecule has 4 rings (SSSR count). The average molecular weight is 522 g/mol. The van der Waals surface area contributed by atoms with Crippen LogP contribution in [0, 0.1) is 0 Å². The van der Waals surface area contributed by atoms with Gasteiger partial charge in [0, 0.05) is 44.3 Å². The summed E-state index contributed by atoms with van der Waals surface area (Å²) in [6, 6.07) is -1.01. The Morgan fingerprint density at radius 3 is 2.68 bits per heavy atom. The van der Waals surface area contributed by atoms with E-state index in [0.717, 1.165) is 38.2 Å². The van der Waals surface area contributed by atoms with Crippen molar-refractivity contribution in [2.75, 3.05) is 33.2 Å². The molecule has 0 aromatic carbocycles. The lowest BCUT2D eigenvalue weighted by molar-refractivity contribution is -0.118. The fourth-order valence-electron chi connectivity index (χ4n) is 4.78. The maximum absolute atomic E-state index is 12.3. The maximum atomic E-state index is 12.3. The molecular weight excluding hydrogens is 482 g/mol. The lowest BCUT2D eigenvalue weighted by Crippen LogP contribution is -2.55. The number of nitrogens with one attached hydrogen (secondary N) is 3. The second-order valence-electron chi connectivity index (χ2n) is 9.99. The fraction of sp³-hybridized carbons (Fsp3) is 0.464. The third-order valence-electron chi connectivity index (χ3n) is 7.21. The summed E-state index contributed by atoms with van der Waals surface area (Å²) in [6.45, 7) is 11.6. The van der Waals surface area contributed by atoms with Crippen LogP contribution in [0.1, 0.15) is 33.1 Å². The van der Waals surface area contributed by atoms with Crippen molar-refractivity contribution < 1.29 is 14.3 Å². The summed E-state index contributed by atoms with van der Waals surface area (Å²) in [6.07, 6.45) is 13.3. The van der Waals surface area contributed by atoms with Gasteiger partial charge in [-0.25, -0.2) is 0 Å². The number of hydrogen-bond acceptors (Lipinski definition) is 8. The van der Waals surface area contributed by atoms with Crippen LogP contribution in [0.25, 0.3) is 0 Å². The lowest BCUT2D eigenvalue weighted by Gasteiger charge is -2.36. The van der Waals surface area contributed by atoms with Gasteiger partial charge in [0.1, 0.15) is 11.6 Å². The number of ether oxygens (including phenoxy) is 1. The van der Waals surface area contributed by atoms with Crippen LogP contribution in [0.3, 0.4) is 0 Å². The van der Waals surface area contributed by atoms with Crippen molar-refractivity contribution in [3.8, 4) is 0 Å². The summed E-state index contributed by atoms with van der Waals surface area (Å²) < 4.78 is 6.22. The summed E-state index contributed by atoms with van der Waals surface area (Å²) in [7, 11) is 2.15. The third-order valence-corrected chi connectivity index (χ3v) is 7.21. The minimum absolute atomic E-state index is 0.0315. The molecule has 5 N–H and O–H groups in total. The smallest absolute Gasteiger partial charge is 0.247 e. The van der Waals surface area contributed by atoms with Gasteiger partial charge in [0.05, 0.1) is 11.7 Å². The zero-order valence-corrected chi connectivity index (χ0v) is 22.5. The molecular formula is C28H39N7O3. The molecule has 0 bridgehead atoms. The van der Waals surface area contributed by atoms with Gasteiger partial charge in [-0.1, -0.05) is 37.3 Å². The van der Waals surface area contributed by atoms with Gasteiger partial charge in [-0.3, -0.25) is 9.59 Å². The fourth-order valence-corrected chi connectivity index (χ4v) is 4.78. The van der Waals surface area contributed by atoms with Crippen molar-refractivity contribution in [1.29, 1.82) is 0 Å². The van der Waals surface area contributed by atoms with Crippen molar-refractivity contribution >= 4 is 17.6 Å². The molecule has 2 aliphatic carbocycles. The molecule has 1 saturated heterocycles. The third kappa shape index (κ3) is 6.55. The van der Waals surface area contributed by atoms with Crippen LogP contribution >= 0.6 is 0 Å². The van der Waals surface area contributed by atoms with Gasteiger partial charge in [0.15, 0.2) is 6.04 Å². The van der Waals surface area contributed by atoms with Gasteiger partial charge < -0.3 is 36.2 Å². The number of amides is 2. The Morgan fingerprint density at radius 1 is 1.29 bits per heavy atom. The Labute approximate surface area is 224 Å². The summed E-state index contributed by atoms with van der Waals surface area (Å²) in [5, 5.41) is 9.53. The first kappa shape index (κ1) is 27.3. The van der Waals surface area contributed by atoms with Gasteiger partial charge in [0.2, 0.25) is 17.7 Å². The molecule has 0 saturated carbocycles. The minimum atomic E-state index is -0.782. The Hall–Kier alpha value is -3.79. The lowest BCUT2D eigenvalue weighted by atomic mass is 9.99. The molecule has 2 amide bonds. The van der Waals surface area contributed by atoms with Crippen molar-refractivity contribution in [1.82, 2.24) is 25.8 Å². The Morgan fingerprint density at radius 2 is 2.05 bits per heavy atom. The highest BCUT2D eigenvalue weighted by atomic mass is 16.5. The van der Waals surface area contributed by atoms with Crippen LogP contribution in [0.15, 0.2) is 76.6 Å². The second-order valence-corrected chi connectivity index (χ2v) is 9.99. The number of aliphatic imine (C=N–C) groups is 1. The molecule has 0 aromatic rings. The zero-order chi connectivity index (χ0) is 27.2. The normalized spacial score (nSPS) is 25.9. The molecule has 0 spiro atoms. The van der Waals surface area contributed by atoms with E-state index in [1.54, 1.807) is 0 Å². The second kappa shape index (κ2) is 12.2. The van der Waals surface area contributed by atoms with Gasteiger partial charge >= 0.3 is 0 Å². The topological polar surface area (TPSA) is 124 Å². The molecule has 10 nitrogen and oxygen atoms in total. The SMILES string of the molecule is C=CC(=O)NC1CC(OC2=C(CC)NC(C(N)=O)C(NC3C=CC(N4CCN(C)CC4)=CC3)=N2)=CC=C1C. The number of carbonyl (C=O) groups excluding carboxylic acids is 2. The largest absolute Gasteiger partial charge is 0.442 e. The van der Waals surface area contributed by atoms with E-state index in [0.29, 0.717) is 36.0 Å². The summed E-state index contributed by atoms with van der Waals surface area (Å²) in [5.74, 6) is 0.711. The van der Waals surface area contributed by atoms with E-state index in [1.807, 2.05) is 26.0 Å². The number of nitrogens with zero attached hydrogens (tertiary/aromatic N) is 3. The predicted molar refractivity (Wildman–Crippen MR) is 148 cm³/mol. The zero-order valence-electron chi connectivity index (χ0n) is 22.5. The molecule has 2 aliphatic heterocycles. The molecule has 4 aliphatic rings. The monoisotopic (exact) mass is 521 g/mol. The molecule has 0 radical (unpaired) electrons. The quantitative estimate of drug-likeness (QED) is 0.356. The summed E-state index contributed by atoms with van der Waals surface area (Å²) in [4.78, 5) is 33.6. The number of carbonyl (C=O) groups is 2. The van der Waals surface area contributed by atoms with Crippen LogP contribution in [0.4, 0.5) is 0 Å². The highest BCUT2D eigenvalue weighted by molar-refractivity contribution is 6.07. The Balaban J connectivity index is 1.47. The molecule has 2 heterocycles. The van der Waals surface area contributed by atoms with Crippen LogP contribution in [-0.4, -0.2) is 78.8 Å². The van der Waals surface area contributed by atoms with Crippen LogP contribution in [0.5, 0.6) is 0 Å². The highest BCUT2D eigenvalue weighted by Crippen LogP contribution is 2.26. The van der Waals surface area contributed by atoms with E-state index in [1.165, 1.54) is 11.8 Å². The number of allylic oxidation sites excluding steroid dienone is 4. The molecule has 1 fully saturated rings. The first-order valence-electron chi connectivity index (χ1n) is 13.2. The van der Waals surface area contributed by atoms with Gasteiger partial charge in [-0.15, -0.1) is 0 Å². The van der Waals surface area contributed by atoms with Gasteiger partial charge in [0.25, 0.3) is 0 Å². The first-order chi connectivity index (χ1) is 18.3. The minimum Gasteiger partial charge on any atom is -0.442 e. The van der Waals surface area contributed by atoms with Crippen LogP contribution in [0.2, 0.25) is 0 Å². The maximum Gasteiger partial charge on any atom is 0.247 e. The molecule has 204 valence electrons. The highest BCUT2D eigenvalue weighted by Gasteiger charge is 2.31. The van der Waals surface area contributed by atoms with E-state index in [9.17, 15) is 9.59 Å².